The van der Waals surface area contributed by atoms with Crippen LogP contribution in [-0.2, 0) is 22.6 Å². The summed E-state index contributed by atoms with van der Waals surface area (Å²) >= 11 is 1.45. The zero-order valence-corrected chi connectivity index (χ0v) is 16.8. The topological polar surface area (TPSA) is 81.4 Å². The van der Waals surface area contributed by atoms with E-state index in [1.54, 1.807) is 24.3 Å². The molecule has 0 radical (unpaired) electrons. The van der Waals surface area contributed by atoms with Gasteiger partial charge in [-0.1, -0.05) is 17.7 Å². The zero-order chi connectivity index (χ0) is 20.5. The molecule has 0 aliphatic rings. The normalized spacial score (nSPS) is 10.2. The Morgan fingerprint density at radius 2 is 1.72 bits per heavy atom. The molecule has 0 saturated heterocycles. The van der Waals surface area contributed by atoms with Crippen molar-refractivity contribution in [2.24, 2.45) is 0 Å². The van der Waals surface area contributed by atoms with Crippen molar-refractivity contribution in [2.75, 3.05) is 13.2 Å². The number of thiazole rings is 1. The van der Waals surface area contributed by atoms with Crippen LogP contribution < -0.4 is 9.47 Å². The van der Waals surface area contributed by atoms with Crippen LogP contribution in [0.1, 0.15) is 21.8 Å². The molecule has 148 valence electrons. The fourth-order valence-corrected chi connectivity index (χ4v) is 3.12. The standard InChI is InChI=1S/C22H20N2O4S/c1-16-2-6-20(7-3-16)28-14-21-24-18(15-29-21)12-22(25)27-11-10-26-19-8-4-17(13-23)5-9-19/h2-9,15H,10-12,14H2,1H3. The van der Waals surface area contributed by atoms with Gasteiger partial charge in [0, 0.05) is 5.38 Å². The lowest BCUT2D eigenvalue weighted by molar-refractivity contribution is -0.143. The van der Waals surface area contributed by atoms with Gasteiger partial charge in [-0.2, -0.15) is 5.26 Å². The first-order valence-electron chi connectivity index (χ1n) is 9.04. The van der Waals surface area contributed by atoms with Crippen molar-refractivity contribution in [3.63, 3.8) is 0 Å². The molecule has 0 N–H and O–H groups in total. The van der Waals surface area contributed by atoms with Gasteiger partial charge in [0.1, 0.15) is 36.3 Å². The highest BCUT2D eigenvalue weighted by Crippen LogP contribution is 2.16. The third-order valence-corrected chi connectivity index (χ3v) is 4.78. The number of aromatic nitrogens is 1. The summed E-state index contributed by atoms with van der Waals surface area (Å²) in [6.07, 6.45) is 0.109. The van der Waals surface area contributed by atoms with Crippen LogP contribution in [0.3, 0.4) is 0 Å². The van der Waals surface area contributed by atoms with Crippen molar-refractivity contribution in [1.29, 1.82) is 5.26 Å². The molecule has 0 fully saturated rings. The number of esters is 1. The van der Waals surface area contributed by atoms with E-state index < -0.39 is 0 Å². The minimum absolute atomic E-state index is 0.109. The van der Waals surface area contributed by atoms with E-state index in [9.17, 15) is 4.79 Å². The number of hydrogen-bond donors (Lipinski definition) is 0. The van der Waals surface area contributed by atoms with E-state index in [1.165, 1.54) is 16.9 Å². The number of aryl methyl sites for hydroxylation is 1. The van der Waals surface area contributed by atoms with E-state index in [-0.39, 0.29) is 25.6 Å². The molecule has 29 heavy (non-hydrogen) atoms. The van der Waals surface area contributed by atoms with Gasteiger partial charge in [0.2, 0.25) is 0 Å². The van der Waals surface area contributed by atoms with Crippen molar-refractivity contribution >= 4 is 17.3 Å². The SMILES string of the molecule is Cc1ccc(OCc2nc(CC(=O)OCCOc3ccc(C#N)cc3)cs2)cc1. The first-order chi connectivity index (χ1) is 14.1. The molecule has 3 aromatic rings. The van der Waals surface area contributed by atoms with E-state index in [0.29, 0.717) is 23.6 Å². The molecule has 0 aliphatic carbocycles. The summed E-state index contributed by atoms with van der Waals surface area (Å²) in [6.45, 7) is 2.77. The summed E-state index contributed by atoms with van der Waals surface area (Å²) < 4.78 is 16.4. The molecule has 0 unspecified atom stereocenters. The van der Waals surface area contributed by atoms with Crippen molar-refractivity contribution in [3.05, 3.63) is 75.7 Å². The van der Waals surface area contributed by atoms with Crippen LogP contribution in [0.5, 0.6) is 11.5 Å². The molecular weight excluding hydrogens is 388 g/mol. The molecule has 0 atom stereocenters. The Morgan fingerprint density at radius 1 is 1.03 bits per heavy atom. The summed E-state index contributed by atoms with van der Waals surface area (Å²) in [5, 5.41) is 11.4. The van der Waals surface area contributed by atoms with Gasteiger partial charge in [-0.15, -0.1) is 11.3 Å². The Bertz CT molecular complexity index is 975. The third-order valence-electron chi connectivity index (χ3n) is 3.91. The first kappa shape index (κ1) is 20.4. The highest BCUT2D eigenvalue weighted by atomic mass is 32.1. The Hall–Kier alpha value is -3.37. The van der Waals surface area contributed by atoms with Gasteiger partial charge >= 0.3 is 5.97 Å². The molecule has 0 spiro atoms. The molecule has 1 aromatic heterocycles. The van der Waals surface area contributed by atoms with Gasteiger partial charge < -0.3 is 14.2 Å². The molecular formula is C22H20N2O4S. The minimum Gasteiger partial charge on any atom is -0.490 e. The average Bonchev–Trinajstić information content (AvgIpc) is 3.18. The molecule has 0 bridgehead atoms. The second kappa shape index (κ2) is 10.2. The smallest absolute Gasteiger partial charge is 0.312 e. The molecule has 0 aliphatic heterocycles. The van der Waals surface area contributed by atoms with E-state index >= 15 is 0 Å². The number of carbonyl (C=O) groups excluding carboxylic acids is 1. The molecule has 3 rings (SSSR count). The average molecular weight is 408 g/mol. The van der Waals surface area contributed by atoms with Crippen molar-refractivity contribution in [2.45, 2.75) is 20.0 Å². The van der Waals surface area contributed by atoms with Gasteiger partial charge in [-0.3, -0.25) is 4.79 Å². The van der Waals surface area contributed by atoms with E-state index in [0.717, 1.165) is 10.8 Å². The minimum atomic E-state index is -0.357. The number of carbonyl (C=O) groups is 1. The number of benzene rings is 2. The second-order valence-electron chi connectivity index (χ2n) is 6.22. The molecule has 0 amide bonds. The fraction of sp³-hybridized carbons (Fsp3) is 0.227. The quantitative estimate of drug-likeness (QED) is 0.392. The molecule has 7 heteroatoms. The summed E-state index contributed by atoms with van der Waals surface area (Å²) in [4.78, 5) is 16.4. The van der Waals surface area contributed by atoms with E-state index in [1.807, 2.05) is 42.6 Å². The maximum Gasteiger partial charge on any atom is 0.312 e. The largest absolute Gasteiger partial charge is 0.490 e. The monoisotopic (exact) mass is 408 g/mol. The lowest BCUT2D eigenvalue weighted by Gasteiger charge is -2.07. The van der Waals surface area contributed by atoms with Crippen LogP contribution in [0, 0.1) is 18.3 Å². The summed E-state index contributed by atoms with van der Waals surface area (Å²) in [5.41, 5.74) is 2.40. The predicted molar refractivity (Wildman–Crippen MR) is 109 cm³/mol. The maximum atomic E-state index is 11.9. The number of nitrogens with zero attached hydrogens (tertiary/aromatic N) is 2. The van der Waals surface area contributed by atoms with Crippen LogP contribution in [0.15, 0.2) is 53.9 Å². The van der Waals surface area contributed by atoms with Gasteiger partial charge in [0.15, 0.2) is 0 Å². The first-order valence-corrected chi connectivity index (χ1v) is 9.91. The van der Waals surface area contributed by atoms with Crippen LogP contribution in [0.4, 0.5) is 0 Å². The summed E-state index contributed by atoms with van der Waals surface area (Å²) in [7, 11) is 0. The Kier molecular flexibility index (Phi) is 7.20. The lowest BCUT2D eigenvalue weighted by atomic mass is 10.2. The molecule has 0 saturated carbocycles. The van der Waals surface area contributed by atoms with Gasteiger partial charge in [0.05, 0.1) is 23.7 Å². The van der Waals surface area contributed by atoms with Crippen LogP contribution in [0.25, 0.3) is 0 Å². The highest BCUT2D eigenvalue weighted by Gasteiger charge is 2.10. The van der Waals surface area contributed by atoms with Gasteiger partial charge in [-0.05, 0) is 43.3 Å². The van der Waals surface area contributed by atoms with Crippen LogP contribution in [-0.4, -0.2) is 24.2 Å². The summed E-state index contributed by atoms with van der Waals surface area (Å²) in [6, 6.07) is 16.6. The highest BCUT2D eigenvalue weighted by molar-refractivity contribution is 7.09. The fourth-order valence-electron chi connectivity index (χ4n) is 2.42. The van der Waals surface area contributed by atoms with Gasteiger partial charge in [0.25, 0.3) is 0 Å². The molecule has 2 aromatic carbocycles. The predicted octanol–water partition coefficient (Wildman–Crippen LogP) is 4.07. The molecule has 6 nitrogen and oxygen atoms in total. The van der Waals surface area contributed by atoms with Crippen molar-refractivity contribution in [1.82, 2.24) is 4.98 Å². The third kappa shape index (κ3) is 6.63. The van der Waals surface area contributed by atoms with Gasteiger partial charge in [-0.25, -0.2) is 4.98 Å². The lowest BCUT2D eigenvalue weighted by Crippen LogP contribution is -2.14. The van der Waals surface area contributed by atoms with Crippen molar-refractivity contribution < 1.29 is 19.0 Å². The van der Waals surface area contributed by atoms with Crippen LogP contribution >= 0.6 is 11.3 Å². The Balaban J connectivity index is 1.36. The summed E-state index contributed by atoms with van der Waals surface area (Å²) in [5.74, 6) is 1.05. The Morgan fingerprint density at radius 3 is 2.45 bits per heavy atom. The molecule has 1 heterocycles. The van der Waals surface area contributed by atoms with Crippen LogP contribution in [0.2, 0.25) is 0 Å². The number of nitriles is 1. The number of rotatable bonds is 9. The van der Waals surface area contributed by atoms with E-state index in [4.69, 9.17) is 19.5 Å². The zero-order valence-electron chi connectivity index (χ0n) is 16.0. The number of hydrogen-bond acceptors (Lipinski definition) is 7. The van der Waals surface area contributed by atoms with E-state index in [2.05, 4.69) is 4.98 Å². The maximum absolute atomic E-state index is 11.9. The second-order valence-corrected chi connectivity index (χ2v) is 7.16. The number of ether oxygens (including phenoxy) is 3. The Labute approximate surface area is 173 Å². The van der Waals surface area contributed by atoms with Crippen molar-refractivity contribution in [3.8, 4) is 17.6 Å².